The van der Waals surface area contributed by atoms with Gasteiger partial charge in [-0.25, -0.2) is 37.5 Å². The van der Waals surface area contributed by atoms with Crippen molar-refractivity contribution in [1.82, 2.24) is 34.6 Å². The Hall–Kier alpha value is -3.15. The Kier molecular flexibility index (Phi) is 7.02. The van der Waals surface area contributed by atoms with Gasteiger partial charge in [0.25, 0.3) is 18.3 Å². The van der Waals surface area contributed by atoms with E-state index in [2.05, 4.69) is 25.0 Å². The molecule has 13 heteroatoms. The van der Waals surface area contributed by atoms with Crippen molar-refractivity contribution in [3.8, 4) is 11.4 Å². The zero-order valence-electron chi connectivity index (χ0n) is 18.9. The van der Waals surface area contributed by atoms with Crippen LogP contribution in [0.25, 0.3) is 11.4 Å². The normalized spacial score (nSPS) is 19.8. The molecule has 35 heavy (non-hydrogen) atoms. The number of rotatable bonds is 6. The number of halogens is 5. The second-order valence-electron chi connectivity index (χ2n) is 8.60. The molecule has 1 fully saturated rings. The molecule has 0 aliphatic carbocycles. The van der Waals surface area contributed by atoms with E-state index in [1.165, 1.54) is 23.3 Å². The van der Waals surface area contributed by atoms with E-state index in [0.29, 0.717) is 16.4 Å². The van der Waals surface area contributed by atoms with Gasteiger partial charge in [-0.2, -0.15) is 5.10 Å². The number of likely N-dealkylation sites (tertiary alicyclic amines) is 1. The third-order valence-corrected chi connectivity index (χ3v) is 6.07. The zero-order chi connectivity index (χ0) is 25.3. The Morgan fingerprint density at radius 1 is 1.17 bits per heavy atom. The van der Waals surface area contributed by atoms with Crippen molar-refractivity contribution in [1.29, 1.82) is 0 Å². The van der Waals surface area contributed by atoms with E-state index in [1.54, 1.807) is 14.0 Å². The van der Waals surface area contributed by atoms with Gasteiger partial charge in [0.05, 0.1) is 22.7 Å². The lowest BCUT2D eigenvalue weighted by Crippen LogP contribution is -2.55. The van der Waals surface area contributed by atoms with E-state index in [4.69, 9.17) is 11.6 Å². The average Bonchev–Trinajstić information content (AvgIpc) is 3.19. The van der Waals surface area contributed by atoms with Crippen LogP contribution < -0.4 is 0 Å². The fourth-order valence-electron chi connectivity index (χ4n) is 4.29. The molecule has 0 bridgehead atoms. The van der Waals surface area contributed by atoms with Crippen LogP contribution in [0.5, 0.6) is 0 Å². The number of alkyl halides is 4. The summed E-state index contributed by atoms with van der Waals surface area (Å²) in [5.41, 5.74) is -0.0639. The maximum absolute atomic E-state index is 14.6. The molecule has 0 unspecified atom stereocenters. The van der Waals surface area contributed by atoms with Crippen LogP contribution in [0.1, 0.15) is 48.1 Å². The van der Waals surface area contributed by atoms with Crippen molar-refractivity contribution in [2.24, 2.45) is 13.0 Å². The van der Waals surface area contributed by atoms with Gasteiger partial charge >= 0.3 is 0 Å². The minimum atomic E-state index is -3.08. The van der Waals surface area contributed by atoms with Crippen LogP contribution in [0.4, 0.5) is 17.6 Å². The molecule has 3 aromatic heterocycles. The monoisotopic (exact) mass is 511 g/mol. The molecule has 3 aromatic rings. The predicted octanol–water partition coefficient (Wildman–Crippen LogP) is 4.38. The number of hydrogen-bond acceptors (Lipinski definition) is 6. The Bertz CT molecular complexity index is 1190. The summed E-state index contributed by atoms with van der Waals surface area (Å²) in [5, 5.41) is 4.51. The van der Waals surface area contributed by atoms with Crippen LogP contribution in [0.3, 0.4) is 0 Å². The van der Waals surface area contributed by atoms with Gasteiger partial charge in [-0.15, -0.1) is 0 Å². The quantitative estimate of drug-likeness (QED) is 0.456. The fraction of sp³-hybridized carbons (Fsp3) is 0.455. The topological polar surface area (TPSA) is 89.7 Å². The summed E-state index contributed by atoms with van der Waals surface area (Å²) in [6.45, 7) is 0.879. The summed E-state index contributed by atoms with van der Waals surface area (Å²) in [7, 11) is 1.60. The molecule has 0 spiro atoms. The van der Waals surface area contributed by atoms with E-state index in [-0.39, 0.29) is 36.3 Å². The van der Waals surface area contributed by atoms with E-state index >= 15 is 0 Å². The van der Waals surface area contributed by atoms with Crippen molar-refractivity contribution < 1.29 is 22.4 Å². The highest BCUT2D eigenvalue weighted by molar-refractivity contribution is 6.30. The lowest BCUT2D eigenvalue weighted by Gasteiger charge is -2.43. The molecular formula is C22H22ClF4N7O. The Morgan fingerprint density at radius 3 is 2.46 bits per heavy atom. The largest absolute Gasteiger partial charge is 0.328 e. The van der Waals surface area contributed by atoms with Gasteiger partial charge < -0.3 is 4.90 Å². The predicted molar refractivity (Wildman–Crippen MR) is 118 cm³/mol. The number of piperidine rings is 1. The van der Waals surface area contributed by atoms with Gasteiger partial charge in [0, 0.05) is 56.9 Å². The number of nitrogens with zero attached hydrogens (tertiary/aromatic N) is 7. The first-order valence-corrected chi connectivity index (χ1v) is 11.2. The van der Waals surface area contributed by atoms with Crippen LogP contribution >= 0.6 is 11.6 Å². The maximum Gasteiger partial charge on any atom is 0.275 e. The van der Waals surface area contributed by atoms with Crippen LogP contribution in [0.2, 0.25) is 5.02 Å². The molecule has 1 saturated heterocycles. The lowest BCUT2D eigenvalue weighted by molar-refractivity contribution is -0.0933. The summed E-state index contributed by atoms with van der Waals surface area (Å²) in [6.07, 6.45) is 3.78. The third-order valence-electron chi connectivity index (χ3n) is 5.87. The maximum atomic E-state index is 14.6. The number of carbonyl (C=O) groups excluding carboxylic acids is 1. The first-order valence-electron chi connectivity index (χ1n) is 10.8. The van der Waals surface area contributed by atoms with Gasteiger partial charge in [-0.1, -0.05) is 18.5 Å². The molecule has 0 aromatic carbocycles. The van der Waals surface area contributed by atoms with E-state index in [0.717, 1.165) is 17.3 Å². The molecule has 1 aliphatic heterocycles. The van der Waals surface area contributed by atoms with E-state index in [9.17, 15) is 22.4 Å². The number of aryl methyl sites for hydroxylation is 2. The highest BCUT2D eigenvalue weighted by Crippen LogP contribution is 2.37. The van der Waals surface area contributed by atoms with Crippen molar-refractivity contribution in [3.63, 3.8) is 0 Å². The lowest BCUT2D eigenvalue weighted by atomic mass is 9.85. The molecule has 8 nitrogen and oxygen atoms in total. The Balaban J connectivity index is 1.61. The first kappa shape index (κ1) is 25.0. The molecule has 4 heterocycles. The van der Waals surface area contributed by atoms with E-state index < -0.39 is 36.8 Å². The van der Waals surface area contributed by atoms with Crippen molar-refractivity contribution in [2.45, 2.75) is 44.6 Å². The molecular weight excluding hydrogens is 490 g/mol. The third kappa shape index (κ3) is 5.58. The SMILES string of the molecule is C[C@@H]1CC(F)(F)CN(C(=O)c2nn(C)cc2-c2ncc(Cl)cn2)[C@@H]1CCc1ncc(C(F)F)cn1. The van der Waals surface area contributed by atoms with Crippen LogP contribution in [-0.2, 0) is 13.5 Å². The summed E-state index contributed by atoms with van der Waals surface area (Å²) >= 11 is 5.85. The highest BCUT2D eigenvalue weighted by atomic mass is 35.5. The molecule has 2 atom stereocenters. The molecule has 1 aliphatic rings. The van der Waals surface area contributed by atoms with Crippen LogP contribution in [0.15, 0.2) is 31.0 Å². The zero-order valence-corrected chi connectivity index (χ0v) is 19.6. The molecule has 4 rings (SSSR count). The van der Waals surface area contributed by atoms with Gasteiger partial charge in [-0.3, -0.25) is 9.48 Å². The summed E-state index contributed by atoms with van der Waals surface area (Å²) in [4.78, 5) is 30.8. The van der Waals surface area contributed by atoms with Crippen molar-refractivity contribution in [2.75, 3.05) is 6.54 Å². The van der Waals surface area contributed by atoms with Gasteiger partial charge in [0.15, 0.2) is 11.5 Å². The van der Waals surface area contributed by atoms with Gasteiger partial charge in [0.1, 0.15) is 5.82 Å². The number of aromatic nitrogens is 6. The fourth-order valence-corrected chi connectivity index (χ4v) is 4.39. The van der Waals surface area contributed by atoms with Crippen molar-refractivity contribution in [3.05, 3.63) is 53.1 Å². The minimum Gasteiger partial charge on any atom is -0.328 e. The highest BCUT2D eigenvalue weighted by Gasteiger charge is 2.46. The molecule has 1 amide bonds. The first-order chi connectivity index (χ1) is 16.5. The van der Waals surface area contributed by atoms with Gasteiger partial charge in [-0.05, 0) is 12.3 Å². The average molecular weight is 512 g/mol. The minimum absolute atomic E-state index is 0.0535. The van der Waals surface area contributed by atoms with Crippen LogP contribution in [-0.4, -0.2) is 59.0 Å². The second-order valence-corrected chi connectivity index (χ2v) is 9.04. The standard InChI is InChI=1S/C22H22ClF4N7O/c1-12-5-22(26,27)11-34(16(12)3-4-17-28-6-13(7-29-17)19(24)25)21(35)18-15(10-33(2)32-18)20-30-8-14(23)9-31-20/h6-10,12,16,19H,3-5,11H2,1-2H3/t12-,16-/m1/s1. The smallest absolute Gasteiger partial charge is 0.275 e. The summed E-state index contributed by atoms with van der Waals surface area (Å²) in [5.74, 6) is -3.82. The van der Waals surface area contributed by atoms with Crippen molar-refractivity contribution >= 4 is 17.5 Å². The Labute approximate surface area is 203 Å². The van der Waals surface area contributed by atoms with E-state index in [1.807, 2.05) is 0 Å². The number of carbonyl (C=O) groups is 1. The number of hydrogen-bond donors (Lipinski definition) is 0. The molecule has 186 valence electrons. The van der Waals surface area contributed by atoms with Gasteiger partial charge in [0.2, 0.25) is 0 Å². The summed E-state index contributed by atoms with van der Waals surface area (Å²) in [6, 6.07) is -0.568. The molecule has 0 radical (unpaired) electrons. The summed E-state index contributed by atoms with van der Waals surface area (Å²) < 4.78 is 56.0. The van der Waals surface area contributed by atoms with Crippen LogP contribution in [0, 0.1) is 5.92 Å². The second kappa shape index (κ2) is 9.84. The Morgan fingerprint density at radius 2 is 1.83 bits per heavy atom. The molecule has 0 N–H and O–H groups in total. The molecule has 0 saturated carbocycles. The number of amides is 1.